The predicted molar refractivity (Wildman–Crippen MR) is 107 cm³/mol. The zero-order valence-electron chi connectivity index (χ0n) is 17.0. The molecule has 2 N–H and O–H groups in total. The van der Waals surface area contributed by atoms with Gasteiger partial charge in [-0.25, -0.2) is 4.79 Å². The summed E-state index contributed by atoms with van der Waals surface area (Å²) in [6, 6.07) is 8.27. The smallest absolute Gasteiger partial charge is 0.407 e. The first-order chi connectivity index (χ1) is 12.2. The van der Waals surface area contributed by atoms with Crippen molar-refractivity contribution in [3.63, 3.8) is 0 Å². The molecule has 0 bridgehead atoms. The summed E-state index contributed by atoms with van der Waals surface area (Å²) in [5, 5.41) is 5.89. The van der Waals surface area contributed by atoms with Gasteiger partial charge in [-0.15, -0.1) is 0 Å². The normalized spacial score (nSPS) is 13.8. The van der Waals surface area contributed by atoms with Crippen molar-refractivity contribution in [3.05, 3.63) is 53.4 Å². The van der Waals surface area contributed by atoms with Crippen LogP contribution in [-0.2, 0) is 9.47 Å². The number of amides is 1. The zero-order valence-corrected chi connectivity index (χ0v) is 17.0. The van der Waals surface area contributed by atoms with E-state index < -0.39 is 11.7 Å². The molecule has 0 saturated heterocycles. The maximum Gasteiger partial charge on any atom is 0.407 e. The number of methoxy groups -OCH3 is 1. The van der Waals surface area contributed by atoms with Crippen LogP contribution in [0, 0.1) is 0 Å². The molecular formula is C21H32N2O3. The molecule has 1 atom stereocenters. The van der Waals surface area contributed by atoms with Crippen LogP contribution in [0.2, 0.25) is 0 Å². The van der Waals surface area contributed by atoms with Gasteiger partial charge < -0.3 is 20.1 Å². The number of hydrogen-bond donors (Lipinski definition) is 2. The number of alkyl carbamates (subject to hydrolysis) is 1. The molecule has 5 nitrogen and oxygen atoms in total. The van der Waals surface area contributed by atoms with Crippen molar-refractivity contribution in [2.75, 3.05) is 20.7 Å². The second-order valence-corrected chi connectivity index (χ2v) is 7.10. The van der Waals surface area contributed by atoms with Crippen LogP contribution in [-0.4, -0.2) is 32.4 Å². The van der Waals surface area contributed by atoms with Gasteiger partial charge in [-0.3, -0.25) is 0 Å². The Morgan fingerprint density at radius 1 is 1.23 bits per heavy atom. The quantitative estimate of drug-likeness (QED) is 0.558. The number of allylic oxidation sites excluding steroid dienone is 3. The molecule has 26 heavy (non-hydrogen) atoms. The van der Waals surface area contributed by atoms with Gasteiger partial charge in [0.05, 0.1) is 7.11 Å². The minimum atomic E-state index is -0.489. The number of carbonyl (C=O) groups is 1. The van der Waals surface area contributed by atoms with E-state index in [-0.39, 0.29) is 5.92 Å². The van der Waals surface area contributed by atoms with Crippen LogP contribution in [0.15, 0.2) is 42.3 Å². The molecule has 0 radical (unpaired) electrons. The summed E-state index contributed by atoms with van der Waals surface area (Å²) in [6.07, 6.45) is 3.60. The van der Waals surface area contributed by atoms with Gasteiger partial charge in [0.2, 0.25) is 0 Å². The lowest BCUT2D eigenvalue weighted by Gasteiger charge is -2.21. The van der Waals surface area contributed by atoms with Crippen molar-refractivity contribution in [2.24, 2.45) is 0 Å². The number of nitrogens with one attached hydrogen (secondary N) is 2. The molecular weight excluding hydrogens is 328 g/mol. The van der Waals surface area contributed by atoms with Crippen LogP contribution in [0.1, 0.15) is 51.7 Å². The third-order valence-electron chi connectivity index (χ3n) is 3.75. The minimum Gasteiger partial charge on any atom is -0.482 e. The minimum absolute atomic E-state index is 0.178. The fraction of sp³-hybridized carbons (Fsp3) is 0.476. The van der Waals surface area contributed by atoms with Crippen LogP contribution < -0.4 is 10.6 Å². The van der Waals surface area contributed by atoms with Crippen molar-refractivity contribution in [1.29, 1.82) is 0 Å². The Bertz CT molecular complexity index is 634. The Morgan fingerprint density at radius 3 is 2.31 bits per heavy atom. The maximum atomic E-state index is 11.8. The summed E-state index contributed by atoms with van der Waals surface area (Å²) in [7, 11) is 3.48. The van der Waals surface area contributed by atoms with E-state index in [4.69, 9.17) is 9.47 Å². The summed E-state index contributed by atoms with van der Waals surface area (Å²) in [5.74, 6) is 0.896. The molecule has 1 unspecified atom stereocenters. The lowest BCUT2D eigenvalue weighted by Crippen LogP contribution is -2.34. The van der Waals surface area contributed by atoms with Gasteiger partial charge in [-0.2, -0.15) is 0 Å². The van der Waals surface area contributed by atoms with E-state index in [2.05, 4.69) is 41.8 Å². The second kappa shape index (κ2) is 9.90. The molecule has 1 aromatic carbocycles. The number of hydrogen-bond acceptors (Lipinski definition) is 4. The summed E-state index contributed by atoms with van der Waals surface area (Å²) < 4.78 is 10.7. The van der Waals surface area contributed by atoms with Crippen LogP contribution >= 0.6 is 0 Å². The first kappa shape index (κ1) is 21.6. The fourth-order valence-electron chi connectivity index (χ4n) is 2.48. The van der Waals surface area contributed by atoms with E-state index in [9.17, 15) is 4.79 Å². The summed E-state index contributed by atoms with van der Waals surface area (Å²) in [6.45, 7) is 10.1. The van der Waals surface area contributed by atoms with Crippen LogP contribution in [0.25, 0.3) is 5.57 Å². The Balaban J connectivity index is 2.83. The molecule has 0 saturated carbocycles. The molecule has 1 rings (SSSR count). The molecule has 144 valence electrons. The number of rotatable bonds is 7. The van der Waals surface area contributed by atoms with Gasteiger partial charge >= 0.3 is 6.09 Å². The van der Waals surface area contributed by atoms with Crippen molar-refractivity contribution in [2.45, 2.75) is 46.1 Å². The average molecular weight is 360 g/mol. The van der Waals surface area contributed by atoms with E-state index in [1.165, 1.54) is 0 Å². The van der Waals surface area contributed by atoms with Crippen molar-refractivity contribution < 1.29 is 14.3 Å². The Labute approximate surface area is 157 Å². The highest BCUT2D eigenvalue weighted by molar-refractivity contribution is 5.75. The van der Waals surface area contributed by atoms with Crippen molar-refractivity contribution in [3.8, 4) is 0 Å². The van der Waals surface area contributed by atoms with E-state index in [1.807, 2.05) is 46.9 Å². The van der Waals surface area contributed by atoms with Gasteiger partial charge in [-0.1, -0.05) is 43.3 Å². The summed E-state index contributed by atoms with van der Waals surface area (Å²) >= 11 is 0. The lowest BCUT2D eigenvalue weighted by molar-refractivity contribution is 0.0525. The molecule has 5 heteroatoms. The SMILES string of the molecule is C/C=C\C(=C(/NC)OC)c1ccc(C(C)CNC(=O)OC(C)(C)C)cc1. The van der Waals surface area contributed by atoms with Gasteiger partial charge in [0.1, 0.15) is 5.60 Å². The van der Waals surface area contributed by atoms with Crippen molar-refractivity contribution in [1.82, 2.24) is 10.6 Å². The highest BCUT2D eigenvalue weighted by Gasteiger charge is 2.17. The summed E-state index contributed by atoms with van der Waals surface area (Å²) in [4.78, 5) is 11.8. The van der Waals surface area contributed by atoms with Crippen LogP contribution in [0.3, 0.4) is 0 Å². The molecule has 0 aliphatic carbocycles. The standard InChI is InChI=1S/C21H32N2O3/c1-8-9-18(19(22-6)25-7)17-12-10-16(11-13-17)15(2)14-23-20(24)26-21(3,4)5/h8-13,15,22H,14H2,1-7H3,(H,23,24)/b9-8-,19-18-. The Morgan fingerprint density at radius 2 is 1.85 bits per heavy atom. The predicted octanol–water partition coefficient (Wildman–Crippen LogP) is 4.43. The number of benzene rings is 1. The Hall–Kier alpha value is -2.43. The van der Waals surface area contributed by atoms with Crippen LogP contribution in [0.5, 0.6) is 0 Å². The van der Waals surface area contributed by atoms with Gasteiger partial charge in [0.15, 0.2) is 5.88 Å². The van der Waals surface area contributed by atoms with Gasteiger partial charge in [0, 0.05) is 19.2 Å². The molecule has 0 aliphatic rings. The topological polar surface area (TPSA) is 59.6 Å². The average Bonchev–Trinajstić information content (AvgIpc) is 2.58. The van der Waals surface area contributed by atoms with Crippen LogP contribution in [0.4, 0.5) is 4.79 Å². The maximum absolute atomic E-state index is 11.8. The lowest BCUT2D eigenvalue weighted by atomic mass is 9.97. The van der Waals surface area contributed by atoms with E-state index in [1.54, 1.807) is 7.11 Å². The Kier molecular flexibility index (Phi) is 8.23. The molecule has 0 aliphatic heterocycles. The zero-order chi connectivity index (χ0) is 19.7. The third kappa shape index (κ3) is 6.82. The molecule has 1 aromatic rings. The summed E-state index contributed by atoms with van der Waals surface area (Å²) in [5.41, 5.74) is 2.71. The molecule has 0 aromatic heterocycles. The molecule has 0 spiro atoms. The number of ether oxygens (including phenoxy) is 2. The van der Waals surface area contributed by atoms with Gasteiger partial charge in [-0.05, 0) is 44.7 Å². The second-order valence-electron chi connectivity index (χ2n) is 7.10. The first-order valence-electron chi connectivity index (χ1n) is 8.87. The third-order valence-corrected chi connectivity index (χ3v) is 3.75. The van der Waals surface area contributed by atoms with Crippen molar-refractivity contribution >= 4 is 11.7 Å². The number of carbonyl (C=O) groups excluding carboxylic acids is 1. The fourth-order valence-corrected chi connectivity index (χ4v) is 2.48. The largest absolute Gasteiger partial charge is 0.482 e. The first-order valence-corrected chi connectivity index (χ1v) is 8.87. The molecule has 1 amide bonds. The van der Waals surface area contributed by atoms with Gasteiger partial charge in [0.25, 0.3) is 0 Å². The van der Waals surface area contributed by atoms with E-state index >= 15 is 0 Å². The molecule has 0 fully saturated rings. The highest BCUT2D eigenvalue weighted by atomic mass is 16.6. The highest BCUT2D eigenvalue weighted by Crippen LogP contribution is 2.23. The molecule has 0 heterocycles. The van der Waals surface area contributed by atoms with E-state index in [0.29, 0.717) is 6.54 Å². The van der Waals surface area contributed by atoms with E-state index in [0.717, 1.165) is 22.6 Å². The monoisotopic (exact) mass is 360 g/mol.